The minimum absolute atomic E-state index is 0.0448. The van der Waals surface area contributed by atoms with Crippen LogP contribution >= 0.6 is 0 Å². The SMILES string of the molecule is CC1CC(C(=O)NCc2cccc(CNC(=O)C3COC(C)C3)c2)CO1. The van der Waals surface area contributed by atoms with Crippen molar-refractivity contribution in [3.63, 3.8) is 0 Å². The van der Waals surface area contributed by atoms with E-state index in [9.17, 15) is 9.59 Å². The molecule has 0 spiro atoms. The molecule has 2 fully saturated rings. The van der Waals surface area contributed by atoms with Gasteiger partial charge in [0.05, 0.1) is 37.3 Å². The summed E-state index contributed by atoms with van der Waals surface area (Å²) in [6, 6.07) is 7.92. The summed E-state index contributed by atoms with van der Waals surface area (Å²) in [6.07, 6.45) is 1.87. The zero-order valence-corrected chi connectivity index (χ0v) is 15.5. The van der Waals surface area contributed by atoms with Crippen molar-refractivity contribution in [3.05, 3.63) is 35.4 Å². The van der Waals surface area contributed by atoms with E-state index in [2.05, 4.69) is 10.6 Å². The van der Waals surface area contributed by atoms with Crippen molar-refractivity contribution in [2.24, 2.45) is 11.8 Å². The monoisotopic (exact) mass is 360 g/mol. The second kappa shape index (κ2) is 8.64. The van der Waals surface area contributed by atoms with Gasteiger partial charge in [-0.2, -0.15) is 0 Å². The van der Waals surface area contributed by atoms with Crippen molar-refractivity contribution in [1.82, 2.24) is 10.6 Å². The molecule has 142 valence electrons. The van der Waals surface area contributed by atoms with Crippen molar-refractivity contribution in [2.45, 2.75) is 52.0 Å². The minimum Gasteiger partial charge on any atom is -0.378 e. The van der Waals surface area contributed by atoms with E-state index in [4.69, 9.17) is 9.47 Å². The molecule has 4 atom stereocenters. The molecule has 2 N–H and O–H groups in total. The maximum atomic E-state index is 12.2. The fraction of sp³-hybridized carbons (Fsp3) is 0.600. The zero-order valence-electron chi connectivity index (χ0n) is 15.5. The summed E-state index contributed by atoms with van der Waals surface area (Å²) in [6.45, 7) is 5.96. The number of hydrogen-bond donors (Lipinski definition) is 2. The molecule has 2 heterocycles. The number of benzene rings is 1. The molecule has 0 radical (unpaired) electrons. The first-order chi connectivity index (χ1) is 12.5. The maximum Gasteiger partial charge on any atom is 0.225 e. The predicted molar refractivity (Wildman–Crippen MR) is 97.2 cm³/mol. The molecule has 4 unspecified atom stereocenters. The Morgan fingerprint density at radius 3 is 1.77 bits per heavy atom. The number of amides is 2. The first-order valence-electron chi connectivity index (χ1n) is 9.37. The van der Waals surface area contributed by atoms with E-state index in [-0.39, 0.29) is 35.9 Å². The minimum atomic E-state index is -0.0523. The standard InChI is InChI=1S/C20H28N2O4/c1-13-6-17(11-25-13)19(23)21-9-15-4-3-5-16(8-15)10-22-20(24)18-7-14(2)26-12-18/h3-5,8,13-14,17-18H,6-7,9-12H2,1-2H3,(H,21,23)(H,22,24). The van der Waals surface area contributed by atoms with E-state index in [1.807, 2.05) is 38.1 Å². The van der Waals surface area contributed by atoms with Gasteiger partial charge in [0.15, 0.2) is 0 Å². The normalized spacial score (nSPS) is 28.1. The van der Waals surface area contributed by atoms with Crippen LogP contribution in [0.1, 0.15) is 37.8 Å². The van der Waals surface area contributed by atoms with Gasteiger partial charge in [-0.05, 0) is 37.8 Å². The Balaban J connectivity index is 1.45. The van der Waals surface area contributed by atoms with Crippen LogP contribution in [0.5, 0.6) is 0 Å². The van der Waals surface area contributed by atoms with Crippen LogP contribution in [-0.2, 0) is 32.2 Å². The summed E-state index contributed by atoms with van der Waals surface area (Å²) < 4.78 is 10.9. The number of carbonyl (C=O) groups excluding carboxylic acids is 2. The molecule has 2 amide bonds. The van der Waals surface area contributed by atoms with E-state index in [0.29, 0.717) is 26.3 Å². The topological polar surface area (TPSA) is 76.7 Å². The molecule has 1 aromatic rings. The van der Waals surface area contributed by atoms with Gasteiger partial charge in [0, 0.05) is 13.1 Å². The molecule has 26 heavy (non-hydrogen) atoms. The first-order valence-corrected chi connectivity index (χ1v) is 9.37. The number of carbonyl (C=O) groups is 2. The van der Waals surface area contributed by atoms with Gasteiger partial charge in [0.25, 0.3) is 0 Å². The second-order valence-electron chi connectivity index (χ2n) is 7.41. The van der Waals surface area contributed by atoms with Gasteiger partial charge in [0.2, 0.25) is 11.8 Å². The van der Waals surface area contributed by atoms with Gasteiger partial charge in [-0.15, -0.1) is 0 Å². The molecule has 0 bridgehead atoms. The smallest absolute Gasteiger partial charge is 0.225 e. The third kappa shape index (κ3) is 5.05. The molecular formula is C20H28N2O4. The van der Waals surface area contributed by atoms with Crippen molar-refractivity contribution in [3.8, 4) is 0 Å². The molecule has 6 nitrogen and oxygen atoms in total. The van der Waals surface area contributed by atoms with Crippen molar-refractivity contribution >= 4 is 11.8 Å². The lowest BCUT2D eigenvalue weighted by atomic mass is 10.0. The number of ether oxygens (including phenoxy) is 2. The second-order valence-corrected chi connectivity index (χ2v) is 7.41. The number of rotatable bonds is 6. The van der Waals surface area contributed by atoms with E-state index >= 15 is 0 Å². The molecule has 1 aromatic carbocycles. The van der Waals surface area contributed by atoms with Crippen molar-refractivity contribution in [2.75, 3.05) is 13.2 Å². The van der Waals surface area contributed by atoms with Gasteiger partial charge in [0.1, 0.15) is 0 Å². The molecule has 0 aromatic heterocycles. The molecule has 0 saturated carbocycles. The fourth-order valence-corrected chi connectivity index (χ4v) is 3.52. The highest BCUT2D eigenvalue weighted by Gasteiger charge is 2.28. The van der Waals surface area contributed by atoms with Gasteiger partial charge < -0.3 is 20.1 Å². The van der Waals surface area contributed by atoms with Crippen LogP contribution < -0.4 is 10.6 Å². The van der Waals surface area contributed by atoms with Crippen LogP contribution in [-0.4, -0.2) is 37.2 Å². The summed E-state index contributed by atoms with van der Waals surface area (Å²) in [7, 11) is 0. The van der Waals surface area contributed by atoms with Crippen LogP contribution in [0, 0.1) is 11.8 Å². The van der Waals surface area contributed by atoms with Crippen LogP contribution in [0.4, 0.5) is 0 Å². The van der Waals surface area contributed by atoms with Gasteiger partial charge in [-0.1, -0.05) is 24.3 Å². The van der Waals surface area contributed by atoms with Crippen LogP contribution in [0.2, 0.25) is 0 Å². The predicted octanol–water partition coefficient (Wildman–Crippen LogP) is 1.77. The Hall–Kier alpha value is -1.92. The highest BCUT2D eigenvalue weighted by atomic mass is 16.5. The molecule has 6 heteroatoms. The lowest BCUT2D eigenvalue weighted by Gasteiger charge is -2.12. The van der Waals surface area contributed by atoms with E-state index in [0.717, 1.165) is 24.0 Å². The lowest BCUT2D eigenvalue weighted by Crippen LogP contribution is -2.31. The highest BCUT2D eigenvalue weighted by molar-refractivity contribution is 5.79. The maximum absolute atomic E-state index is 12.2. The molecule has 3 rings (SSSR count). The van der Waals surface area contributed by atoms with Gasteiger partial charge >= 0.3 is 0 Å². The van der Waals surface area contributed by atoms with Crippen molar-refractivity contribution < 1.29 is 19.1 Å². The van der Waals surface area contributed by atoms with Crippen LogP contribution in [0.15, 0.2) is 24.3 Å². The Morgan fingerprint density at radius 1 is 0.923 bits per heavy atom. The molecule has 0 aliphatic carbocycles. The van der Waals surface area contributed by atoms with Crippen LogP contribution in [0.3, 0.4) is 0 Å². The number of hydrogen-bond acceptors (Lipinski definition) is 4. The van der Waals surface area contributed by atoms with Gasteiger partial charge in [-0.25, -0.2) is 0 Å². The Labute approximate surface area is 154 Å². The summed E-state index contributed by atoms with van der Waals surface area (Å²) in [5.74, 6) is -0.0150. The Bertz CT molecular complexity index is 597. The molecular weight excluding hydrogens is 332 g/mol. The van der Waals surface area contributed by atoms with Crippen LogP contribution in [0.25, 0.3) is 0 Å². The largest absolute Gasteiger partial charge is 0.378 e. The molecule has 2 aliphatic rings. The summed E-state index contributed by atoms with van der Waals surface area (Å²) in [5, 5.41) is 5.96. The zero-order chi connectivity index (χ0) is 18.5. The average Bonchev–Trinajstić information content (AvgIpc) is 3.26. The summed E-state index contributed by atoms with van der Waals surface area (Å²) in [4.78, 5) is 24.4. The highest BCUT2D eigenvalue weighted by Crippen LogP contribution is 2.20. The average molecular weight is 360 g/mol. The summed E-state index contributed by atoms with van der Waals surface area (Å²) >= 11 is 0. The summed E-state index contributed by atoms with van der Waals surface area (Å²) in [5.41, 5.74) is 2.05. The van der Waals surface area contributed by atoms with E-state index in [1.165, 1.54) is 0 Å². The first kappa shape index (κ1) is 18.9. The van der Waals surface area contributed by atoms with E-state index < -0.39 is 0 Å². The Kier molecular flexibility index (Phi) is 6.27. The third-order valence-corrected chi connectivity index (χ3v) is 5.06. The molecule has 2 saturated heterocycles. The Morgan fingerprint density at radius 2 is 1.38 bits per heavy atom. The molecule has 2 aliphatic heterocycles. The quantitative estimate of drug-likeness (QED) is 0.811. The van der Waals surface area contributed by atoms with E-state index in [1.54, 1.807) is 0 Å². The fourth-order valence-electron chi connectivity index (χ4n) is 3.52. The lowest BCUT2D eigenvalue weighted by molar-refractivity contribution is -0.125. The third-order valence-electron chi connectivity index (χ3n) is 5.06. The number of nitrogens with one attached hydrogen (secondary N) is 2. The van der Waals surface area contributed by atoms with Crippen molar-refractivity contribution in [1.29, 1.82) is 0 Å². The van der Waals surface area contributed by atoms with Gasteiger partial charge in [-0.3, -0.25) is 9.59 Å².